The number of nitrogens with zero attached hydrogens (tertiary/aromatic N) is 1. The molecule has 1 heterocycles. The maximum atomic E-state index is 12.3. The highest BCUT2D eigenvalue weighted by Gasteiger charge is 2.22. The standard InChI is InChI=1S/C17H21ClN4O2S/c1-10(2)15-14(11(3)22-24-15)16(23)20-21-17(25)19-9-8-12-4-6-13(18)7-5-12/h4-7,10H,8-9H2,1-3H3,(H,20,23)(H2,19,21,25). The van der Waals surface area contributed by atoms with E-state index in [-0.39, 0.29) is 11.8 Å². The third kappa shape index (κ3) is 5.44. The van der Waals surface area contributed by atoms with Crippen molar-refractivity contribution in [3.8, 4) is 0 Å². The lowest BCUT2D eigenvalue weighted by molar-refractivity contribution is 0.0940. The SMILES string of the molecule is Cc1noc(C(C)C)c1C(=O)NNC(=S)NCCc1ccc(Cl)cc1. The molecule has 2 rings (SSSR count). The summed E-state index contributed by atoms with van der Waals surface area (Å²) in [6.45, 7) is 6.24. The van der Waals surface area contributed by atoms with Crippen molar-refractivity contribution in [1.29, 1.82) is 0 Å². The minimum Gasteiger partial charge on any atom is -0.361 e. The topological polar surface area (TPSA) is 79.2 Å². The Hall–Kier alpha value is -2.12. The van der Waals surface area contributed by atoms with E-state index in [1.165, 1.54) is 0 Å². The number of rotatable bonds is 5. The molecule has 0 radical (unpaired) electrons. The molecule has 0 aliphatic carbocycles. The van der Waals surface area contributed by atoms with E-state index in [2.05, 4.69) is 21.3 Å². The van der Waals surface area contributed by atoms with Crippen LogP contribution in [0, 0.1) is 6.92 Å². The maximum absolute atomic E-state index is 12.3. The zero-order valence-corrected chi connectivity index (χ0v) is 15.9. The van der Waals surface area contributed by atoms with E-state index in [1.807, 2.05) is 38.1 Å². The highest BCUT2D eigenvalue weighted by atomic mass is 35.5. The summed E-state index contributed by atoms with van der Waals surface area (Å²) in [6, 6.07) is 7.62. The number of hydrazine groups is 1. The van der Waals surface area contributed by atoms with Crippen LogP contribution in [0.4, 0.5) is 0 Å². The molecule has 25 heavy (non-hydrogen) atoms. The van der Waals surface area contributed by atoms with Crippen LogP contribution in [0.1, 0.15) is 47.1 Å². The fourth-order valence-corrected chi connectivity index (χ4v) is 2.53. The molecule has 134 valence electrons. The number of halogens is 1. The molecule has 1 aromatic heterocycles. The fourth-order valence-electron chi connectivity index (χ4n) is 2.25. The quantitative estimate of drug-likeness (QED) is 0.546. The summed E-state index contributed by atoms with van der Waals surface area (Å²) in [5.74, 6) is 0.286. The summed E-state index contributed by atoms with van der Waals surface area (Å²) in [7, 11) is 0. The van der Waals surface area contributed by atoms with Gasteiger partial charge in [0, 0.05) is 17.5 Å². The Morgan fingerprint density at radius 3 is 2.60 bits per heavy atom. The van der Waals surface area contributed by atoms with Gasteiger partial charge in [0.1, 0.15) is 5.56 Å². The monoisotopic (exact) mass is 380 g/mol. The Morgan fingerprint density at radius 2 is 1.96 bits per heavy atom. The van der Waals surface area contributed by atoms with E-state index in [1.54, 1.807) is 6.92 Å². The van der Waals surface area contributed by atoms with Crippen LogP contribution in [0.25, 0.3) is 0 Å². The largest absolute Gasteiger partial charge is 0.361 e. The van der Waals surface area contributed by atoms with Gasteiger partial charge in [-0.3, -0.25) is 15.6 Å². The lowest BCUT2D eigenvalue weighted by Crippen LogP contribution is -2.47. The van der Waals surface area contributed by atoms with Gasteiger partial charge in [0.25, 0.3) is 5.91 Å². The van der Waals surface area contributed by atoms with Crippen LogP contribution in [0.5, 0.6) is 0 Å². The summed E-state index contributed by atoms with van der Waals surface area (Å²) in [5.41, 5.74) is 7.38. The molecule has 0 aliphatic heterocycles. The summed E-state index contributed by atoms with van der Waals surface area (Å²) in [6.07, 6.45) is 0.787. The van der Waals surface area contributed by atoms with Crippen LogP contribution < -0.4 is 16.2 Å². The number of carbonyl (C=O) groups excluding carboxylic acids is 1. The Balaban J connectivity index is 1.79. The molecule has 0 fully saturated rings. The van der Waals surface area contributed by atoms with Crippen molar-refractivity contribution >= 4 is 34.8 Å². The second-order valence-electron chi connectivity index (χ2n) is 5.87. The summed E-state index contributed by atoms with van der Waals surface area (Å²) in [4.78, 5) is 12.3. The number of amides is 1. The van der Waals surface area contributed by atoms with Crippen molar-refractivity contribution in [3.63, 3.8) is 0 Å². The molecule has 8 heteroatoms. The summed E-state index contributed by atoms with van der Waals surface area (Å²) in [5, 5.41) is 7.93. The molecule has 0 aliphatic rings. The third-order valence-electron chi connectivity index (χ3n) is 3.54. The molecule has 6 nitrogen and oxygen atoms in total. The Kier molecular flexibility index (Phi) is 6.78. The van der Waals surface area contributed by atoms with Crippen molar-refractivity contribution < 1.29 is 9.32 Å². The average molecular weight is 381 g/mol. The summed E-state index contributed by atoms with van der Waals surface area (Å²) < 4.78 is 5.21. The minimum absolute atomic E-state index is 0.0615. The zero-order chi connectivity index (χ0) is 18.4. The van der Waals surface area contributed by atoms with Gasteiger partial charge in [-0.05, 0) is 43.3 Å². The number of thiocarbonyl (C=S) groups is 1. The molecule has 1 amide bonds. The first-order valence-corrected chi connectivity index (χ1v) is 8.72. The number of hydrogen-bond donors (Lipinski definition) is 3. The van der Waals surface area contributed by atoms with Gasteiger partial charge in [-0.1, -0.05) is 42.7 Å². The molecule has 0 bridgehead atoms. The molecule has 2 aromatic rings. The minimum atomic E-state index is -0.329. The maximum Gasteiger partial charge on any atom is 0.275 e. The smallest absolute Gasteiger partial charge is 0.275 e. The fraction of sp³-hybridized carbons (Fsp3) is 0.353. The molecule has 0 saturated carbocycles. The van der Waals surface area contributed by atoms with E-state index < -0.39 is 0 Å². The lowest BCUT2D eigenvalue weighted by Gasteiger charge is -2.12. The van der Waals surface area contributed by atoms with E-state index in [9.17, 15) is 4.79 Å². The predicted octanol–water partition coefficient (Wildman–Crippen LogP) is 3.11. The van der Waals surface area contributed by atoms with Crippen molar-refractivity contribution in [3.05, 3.63) is 51.9 Å². The number of carbonyl (C=O) groups is 1. The van der Waals surface area contributed by atoms with Crippen molar-refractivity contribution in [2.24, 2.45) is 0 Å². The molecule has 3 N–H and O–H groups in total. The number of aromatic nitrogens is 1. The van der Waals surface area contributed by atoms with Gasteiger partial charge in [0.2, 0.25) is 0 Å². The number of benzene rings is 1. The third-order valence-corrected chi connectivity index (χ3v) is 4.04. The number of aryl methyl sites for hydroxylation is 1. The van der Waals surface area contributed by atoms with Gasteiger partial charge in [-0.15, -0.1) is 0 Å². The molecule has 0 unspecified atom stereocenters. The first kappa shape index (κ1) is 19.2. The van der Waals surface area contributed by atoms with Crippen LogP contribution >= 0.6 is 23.8 Å². The second-order valence-corrected chi connectivity index (χ2v) is 6.72. The molecular formula is C17H21ClN4O2S. The molecule has 0 saturated heterocycles. The van der Waals surface area contributed by atoms with Crippen molar-refractivity contribution in [2.45, 2.75) is 33.1 Å². The number of hydrogen-bond acceptors (Lipinski definition) is 4. The second kappa shape index (κ2) is 8.82. The van der Waals surface area contributed by atoms with Crippen LogP contribution in [0.2, 0.25) is 5.02 Å². The lowest BCUT2D eigenvalue weighted by atomic mass is 10.1. The average Bonchev–Trinajstić information content (AvgIpc) is 2.96. The van der Waals surface area contributed by atoms with E-state index in [4.69, 9.17) is 28.3 Å². The van der Waals surface area contributed by atoms with Gasteiger partial charge in [0.05, 0.1) is 5.69 Å². The van der Waals surface area contributed by atoms with Crippen molar-refractivity contribution in [2.75, 3.05) is 6.54 Å². The molecular weight excluding hydrogens is 360 g/mol. The van der Waals surface area contributed by atoms with Gasteiger partial charge in [-0.2, -0.15) is 0 Å². The van der Waals surface area contributed by atoms with Crippen LogP contribution in [0.15, 0.2) is 28.8 Å². The predicted molar refractivity (Wildman–Crippen MR) is 102 cm³/mol. The molecule has 0 atom stereocenters. The van der Waals surface area contributed by atoms with E-state index in [0.717, 1.165) is 12.0 Å². The zero-order valence-electron chi connectivity index (χ0n) is 14.4. The Labute approximate surface area is 157 Å². The number of nitrogens with one attached hydrogen (secondary N) is 3. The highest BCUT2D eigenvalue weighted by molar-refractivity contribution is 7.80. The first-order valence-electron chi connectivity index (χ1n) is 7.93. The van der Waals surface area contributed by atoms with Crippen LogP contribution in [-0.2, 0) is 6.42 Å². The van der Waals surface area contributed by atoms with Gasteiger partial charge < -0.3 is 9.84 Å². The van der Waals surface area contributed by atoms with Crippen molar-refractivity contribution in [1.82, 2.24) is 21.3 Å². The van der Waals surface area contributed by atoms with Gasteiger partial charge >= 0.3 is 0 Å². The normalized spacial score (nSPS) is 10.6. The first-order chi connectivity index (χ1) is 11.9. The van der Waals surface area contributed by atoms with Gasteiger partial charge in [-0.25, -0.2) is 0 Å². The summed E-state index contributed by atoms with van der Waals surface area (Å²) >= 11 is 11.0. The van der Waals surface area contributed by atoms with Crippen LogP contribution in [0.3, 0.4) is 0 Å². The molecule has 0 spiro atoms. The van der Waals surface area contributed by atoms with E-state index in [0.29, 0.717) is 33.7 Å². The Bertz CT molecular complexity index is 744. The Morgan fingerprint density at radius 1 is 1.28 bits per heavy atom. The van der Waals surface area contributed by atoms with Crippen LogP contribution in [-0.4, -0.2) is 22.7 Å². The van der Waals surface area contributed by atoms with Gasteiger partial charge in [0.15, 0.2) is 10.9 Å². The highest BCUT2D eigenvalue weighted by Crippen LogP contribution is 2.21. The van der Waals surface area contributed by atoms with E-state index >= 15 is 0 Å². The molecule has 1 aromatic carbocycles.